The average Bonchev–Trinajstić information content (AvgIpc) is 2.53. The van der Waals surface area contributed by atoms with Crippen LogP contribution >= 0.6 is 11.6 Å². The van der Waals surface area contributed by atoms with Gasteiger partial charge in [0.15, 0.2) is 0 Å². The summed E-state index contributed by atoms with van der Waals surface area (Å²) in [6, 6.07) is 19.6. The maximum atomic E-state index is 12.7. The normalized spacial score (nSPS) is 11.1. The van der Waals surface area contributed by atoms with Crippen molar-refractivity contribution in [1.82, 2.24) is 5.32 Å². The van der Waals surface area contributed by atoms with Crippen LogP contribution in [0, 0.1) is 0 Å². The molecule has 2 rings (SSSR count). The van der Waals surface area contributed by atoms with Crippen LogP contribution in [0.2, 0.25) is 0 Å². The number of carbonyl (C=O) groups is 1. The van der Waals surface area contributed by atoms with E-state index in [1.165, 1.54) is 0 Å². The number of hydrogen-bond acceptors (Lipinski definition) is 1. The number of carbonyl (C=O) groups excluding carboxylic acids is 1. The molecule has 1 amide bonds. The number of alkyl halides is 1. The number of nitrogens with one attached hydrogen (secondary N) is 1. The van der Waals surface area contributed by atoms with E-state index >= 15 is 0 Å². The third kappa shape index (κ3) is 2.56. The minimum absolute atomic E-state index is 0.0319. The Bertz CT molecular complexity index is 514. The summed E-state index contributed by atoms with van der Waals surface area (Å²) in [4.78, 5) is 12.7. The zero-order valence-electron chi connectivity index (χ0n) is 11.5. The highest BCUT2D eigenvalue weighted by atomic mass is 35.5. The van der Waals surface area contributed by atoms with E-state index in [9.17, 15) is 4.79 Å². The first kappa shape index (κ1) is 14.6. The van der Waals surface area contributed by atoms with Crippen molar-refractivity contribution in [2.24, 2.45) is 0 Å². The molecule has 2 nitrogen and oxygen atoms in total. The van der Waals surface area contributed by atoms with Crippen LogP contribution in [-0.2, 0) is 10.2 Å². The maximum absolute atomic E-state index is 12.7. The van der Waals surface area contributed by atoms with Gasteiger partial charge < -0.3 is 5.32 Å². The first-order chi connectivity index (χ1) is 9.75. The Morgan fingerprint density at radius 3 is 1.80 bits per heavy atom. The molecule has 0 saturated carbocycles. The predicted octanol–water partition coefficient (Wildman–Crippen LogP) is 3.35. The molecule has 0 aliphatic rings. The fraction of sp³-hybridized carbons (Fsp3) is 0.235. The van der Waals surface area contributed by atoms with E-state index in [4.69, 9.17) is 11.6 Å². The number of benzene rings is 2. The van der Waals surface area contributed by atoms with Crippen LogP contribution in [-0.4, -0.2) is 18.8 Å². The molecule has 2 aromatic carbocycles. The summed E-state index contributed by atoms with van der Waals surface area (Å²) in [5, 5.41) is 2.79. The van der Waals surface area contributed by atoms with E-state index in [-0.39, 0.29) is 5.91 Å². The Morgan fingerprint density at radius 2 is 1.45 bits per heavy atom. The van der Waals surface area contributed by atoms with Crippen molar-refractivity contribution >= 4 is 17.5 Å². The second kappa shape index (κ2) is 6.58. The minimum atomic E-state index is -0.737. The van der Waals surface area contributed by atoms with Gasteiger partial charge in [-0.15, -0.1) is 11.6 Å². The van der Waals surface area contributed by atoms with Gasteiger partial charge in [-0.1, -0.05) is 60.7 Å². The molecule has 2 aromatic rings. The van der Waals surface area contributed by atoms with Crippen LogP contribution in [0.4, 0.5) is 0 Å². The lowest BCUT2D eigenvalue weighted by molar-refractivity contribution is -0.125. The highest BCUT2D eigenvalue weighted by Gasteiger charge is 2.40. The van der Waals surface area contributed by atoms with Gasteiger partial charge in [-0.3, -0.25) is 4.79 Å². The number of likely N-dealkylation sites (N-methyl/N-ethyl adjacent to an activating group) is 1. The molecule has 0 bridgehead atoms. The van der Waals surface area contributed by atoms with E-state index in [1.54, 1.807) is 7.05 Å². The molecule has 20 heavy (non-hydrogen) atoms. The van der Waals surface area contributed by atoms with Gasteiger partial charge in [-0.05, 0) is 17.5 Å². The van der Waals surface area contributed by atoms with E-state index in [0.29, 0.717) is 12.3 Å². The Hall–Kier alpha value is -1.80. The quantitative estimate of drug-likeness (QED) is 0.840. The maximum Gasteiger partial charge on any atom is 0.234 e. The Balaban J connectivity index is 2.66. The van der Waals surface area contributed by atoms with E-state index < -0.39 is 5.41 Å². The lowest BCUT2D eigenvalue weighted by Gasteiger charge is -2.32. The third-order valence-electron chi connectivity index (χ3n) is 3.62. The summed E-state index contributed by atoms with van der Waals surface area (Å²) in [6.45, 7) is 0. The second-order valence-electron chi connectivity index (χ2n) is 4.66. The van der Waals surface area contributed by atoms with Crippen molar-refractivity contribution in [3.05, 3.63) is 71.8 Å². The number of hydrogen-bond donors (Lipinski definition) is 1. The van der Waals surface area contributed by atoms with E-state index in [0.717, 1.165) is 11.1 Å². The van der Waals surface area contributed by atoms with E-state index in [1.807, 2.05) is 60.7 Å². The van der Waals surface area contributed by atoms with Gasteiger partial charge in [-0.2, -0.15) is 0 Å². The third-order valence-corrected chi connectivity index (χ3v) is 3.81. The highest BCUT2D eigenvalue weighted by molar-refractivity contribution is 6.18. The molecule has 3 heteroatoms. The van der Waals surface area contributed by atoms with Gasteiger partial charge in [0.2, 0.25) is 5.91 Å². The SMILES string of the molecule is CNC(=O)C(CCCl)(c1ccccc1)c1ccccc1. The molecular weight excluding hydrogens is 270 g/mol. The van der Waals surface area contributed by atoms with Gasteiger partial charge in [0, 0.05) is 12.9 Å². The molecular formula is C17H18ClNO. The van der Waals surface area contributed by atoms with Crippen molar-refractivity contribution in [2.45, 2.75) is 11.8 Å². The van der Waals surface area contributed by atoms with Gasteiger partial charge in [0.1, 0.15) is 5.41 Å². The molecule has 0 unspecified atom stereocenters. The summed E-state index contributed by atoms with van der Waals surface area (Å²) in [5.41, 5.74) is 1.19. The molecule has 1 N–H and O–H groups in total. The molecule has 0 saturated heterocycles. The van der Waals surface area contributed by atoms with Crippen molar-refractivity contribution < 1.29 is 4.79 Å². The summed E-state index contributed by atoms with van der Waals surface area (Å²) in [5.74, 6) is 0.382. The van der Waals surface area contributed by atoms with Crippen LogP contribution in [0.25, 0.3) is 0 Å². The Kier molecular flexibility index (Phi) is 4.80. The summed E-state index contributed by atoms with van der Waals surface area (Å²) in [7, 11) is 1.66. The van der Waals surface area contributed by atoms with Crippen LogP contribution in [0.5, 0.6) is 0 Å². The summed E-state index contributed by atoms with van der Waals surface area (Å²) < 4.78 is 0. The molecule has 0 spiro atoms. The number of amides is 1. The standard InChI is InChI=1S/C17H18ClNO/c1-19-16(20)17(12-13-18,14-8-4-2-5-9-14)15-10-6-3-7-11-15/h2-11H,12-13H2,1H3,(H,19,20). The van der Waals surface area contributed by atoms with Gasteiger partial charge in [0.25, 0.3) is 0 Å². The second-order valence-corrected chi connectivity index (χ2v) is 5.03. The van der Waals surface area contributed by atoms with Gasteiger partial charge in [-0.25, -0.2) is 0 Å². The van der Waals surface area contributed by atoms with Crippen LogP contribution < -0.4 is 5.32 Å². The summed E-state index contributed by atoms with van der Waals surface area (Å²) in [6.07, 6.45) is 0.558. The van der Waals surface area contributed by atoms with Crippen LogP contribution in [0.15, 0.2) is 60.7 Å². The lowest BCUT2D eigenvalue weighted by atomic mass is 9.71. The number of rotatable bonds is 5. The average molecular weight is 288 g/mol. The van der Waals surface area contributed by atoms with Crippen molar-refractivity contribution in [3.8, 4) is 0 Å². The van der Waals surface area contributed by atoms with Crippen molar-refractivity contribution in [2.75, 3.05) is 12.9 Å². The molecule has 0 aliphatic carbocycles. The number of halogens is 1. The monoisotopic (exact) mass is 287 g/mol. The molecule has 0 aromatic heterocycles. The zero-order chi connectivity index (χ0) is 14.4. The smallest absolute Gasteiger partial charge is 0.234 e. The zero-order valence-corrected chi connectivity index (χ0v) is 12.2. The van der Waals surface area contributed by atoms with Gasteiger partial charge in [0.05, 0.1) is 0 Å². The highest BCUT2D eigenvalue weighted by Crippen LogP contribution is 2.36. The Labute approximate surface area is 124 Å². The fourth-order valence-electron chi connectivity index (χ4n) is 2.63. The topological polar surface area (TPSA) is 29.1 Å². The van der Waals surface area contributed by atoms with Crippen LogP contribution in [0.1, 0.15) is 17.5 Å². The van der Waals surface area contributed by atoms with Crippen molar-refractivity contribution in [3.63, 3.8) is 0 Å². The van der Waals surface area contributed by atoms with Crippen LogP contribution in [0.3, 0.4) is 0 Å². The summed E-state index contributed by atoms with van der Waals surface area (Å²) >= 11 is 6.01. The molecule has 104 valence electrons. The largest absolute Gasteiger partial charge is 0.358 e. The molecule has 0 aliphatic heterocycles. The molecule has 0 atom stereocenters. The minimum Gasteiger partial charge on any atom is -0.358 e. The first-order valence-electron chi connectivity index (χ1n) is 6.65. The molecule has 0 radical (unpaired) electrons. The lowest BCUT2D eigenvalue weighted by Crippen LogP contribution is -2.44. The molecule has 0 fully saturated rings. The van der Waals surface area contributed by atoms with Crippen molar-refractivity contribution in [1.29, 1.82) is 0 Å². The molecule has 0 heterocycles. The predicted molar refractivity (Wildman–Crippen MR) is 83.1 cm³/mol. The van der Waals surface area contributed by atoms with Gasteiger partial charge >= 0.3 is 0 Å². The Morgan fingerprint density at radius 1 is 1.00 bits per heavy atom. The fourth-order valence-corrected chi connectivity index (χ4v) is 2.92. The first-order valence-corrected chi connectivity index (χ1v) is 7.18. The van der Waals surface area contributed by atoms with E-state index in [2.05, 4.69) is 5.32 Å².